The first-order valence-corrected chi connectivity index (χ1v) is 8.21. The van der Waals surface area contributed by atoms with Crippen LogP contribution >= 0.6 is 11.3 Å². The third-order valence-electron chi connectivity index (χ3n) is 4.10. The monoisotopic (exact) mass is 314 g/mol. The van der Waals surface area contributed by atoms with Crippen LogP contribution in [-0.4, -0.2) is 9.97 Å². The van der Waals surface area contributed by atoms with E-state index in [0.29, 0.717) is 11.8 Å². The number of rotatable bonds is 2. The Bertz CT molecular complexity index is 846. The van der Waals surface area contributed by atoms with Gasteiger partial charge in [-0.2, -0.15) is 0 Å². The molecule has 112 valence electrons. The van der Waals surface area contributed by atoms with Gasteiger partial charge < -0.3 is 4.74 Å². The number of aromatic nitrogens is 2. The van der Waals surface area contributed by atoms with Crippen LogP contribution in [0.5, 0.6) is 11.6 Å². The summed E-state index contributed by atoms with van der Waals surface area (Å²) in [7, 11) is 0. The van der Waals surface area contributed by atoms with E-state index in [4.69, 9.17) is 4.74 Å². The van der Waals surface area contributed by atoms with Crippen molar-refractivity contribution in [3.63, 3.8) is 0 Å². The number of hydrogen-bond donors (Lipinski definition) is 0. The Morgan fingerprint density at radius 1 is 1.27 bits per heavy atom. The summed E-state index contributed by atoms with van der Waals surface area (Å²) in [5.41, 5.74) is 1.28. The number of fused-ring (bicyclic) bond motifs is 3. The Morgan fingerprint density at radius 3 is 3.00 bits per heavy atom. The van der Waals surface area contributed by atoms with E-state index >= 15 is 0 Å². The molecule has 0 amide bonds. The average molecular weight is 314 g/mol. The maximum Gasteiger partial charge on any atom is 0.231 e. The zero-order valence-electron chi connectivity index (χ0n) is 12.2. The van der Waals surface area contributed by atoms with Gasteiger partial charge in [-0.25, -0.2) is 14.4 Å². The first-order chi connectivity index (χ1) is 10.7. The molecule has 0 aliphatic heterocycles. The van der Waals surface area contributed by atoms with E-state index in [9.17, 15) is 4.39 Å². The Labute approximate surface area is 131 Å². The van der Waals surface area contributed by atoms with Crippen molar-refractivity contribution in [1.82, 2.24) is 9.97 Å². The summed E-state index contributed by atoms with van der Waals surface area (Å²) in [6.07, 6.45) is 4.74. The number of benzene rings is 1. The maximum absolute atomic E-state index is 13.8. The number of nitrogens with zero attached hydrogens (tertiary/aromatic N) is 2. The number of halogens is 1. The fourth-order valence-corrected chi connectivity index (χ4v) is 4.30. The molecule has 0 unspecified atom stereocenters. The van der Waals surface area contributed by atoms with E-state index < -0.39 is 0 Å². The highest BCUT2D eigenvalue weighted by Gasteiger charge is 2.24. The summed E-state index contributed by atoms with van der Waals surface area (Å²) in [6.45, 7) is 2.27. The molecule has 0 fully saturated rings. The van der Waals surface area contributed by atoms with Crippen molar-refractivity contribution in [3.05, 3.63) is 46.9 Å². The lowest BCUT2D eigenvalue weighted by Crippen LogP contribution is -2.08. The van der Waals surface area contributed by atoms with Gasteiger partial charge in [0.15, 0.2) is 11.6 Å². The predicted octanol–water partition coefficient (Wildman–Crippen LogP) is 4.75. The molecule has 0 saturated heterocycles. The van der Waals surface area contributed by atoms with Crippen LogP contribution in [0.1, 0.15) is 23.8 Å². The highest BCUT2D eigenvalue weighted by molar-refractivity contribution is 7.18. The molecule has 22 heavy (non-hydrogen) atoms. The minimum Gasteiger partial charge on any atom is -0.435 e. The maximum atomic E-state index is 13.8. The van der Waals surface area contributed by atoms with Crippen LogP contribution in [0.4, 0.5) is 4.39 Å². The van der Waals surface area contributed by atoms with Crippen molar-refractivity contribution in [2.75, 3.05) is 0 Å². The molecule has 0 saturated carbocycles. The normalized spacial score (nSPS) is 17.5. The fourth-order valence-electron chi connectivity index (χ4n) is 2.96. The third kappa shape index (κ3) is 2.25. The smallest absolute Gasteiger partial charge is 0.231 e. The molecule has 3 nitrogen and oxygen atoms in total. The van der Waals surface area contributed by atoms with Crippen LogP contribution in [0.15, 0.2) is 30.6 Å². The van der Waals surface area contributed by atoms with Crippen LogP contribution < -0.4 is 4.74 Å². The Balaban J connectivity index is 1.83. The van der Waals surface area contributed by atoms with Gasteiger partial charge in [0.2, 0.25) is 5.88 Å². The highest BCUT2D eigenvalue weighted by atomic mass is 32.1. The second-order valence-corrected chi connectivity index (χ2v) is 6.83. The van der Waals surface area contributed by atoms with Gasteiger partial charge in [0, 0.05) is 4.88 Å². The van der Waals surface area contributed by atoms with E-state index in [0.717, 1.165) is 29.5 Å². The van der Waals surface area contributed by atoms with Gasteiger partial charge in [-0.15, -0.1) is 11.3 Å². The first kappa shape index (κ1) is 13.6. The summed E-state index contributed by atoms with van der Waals surface area (Å²) in [5, 5.41) is 0.956. The molecular weight excluding hydrogens is 299 g/mol. The Morgan fingerprint density at radius 2 is 2.14 bits per heavy atom. The molecule has 0 bridgehead atoms. The quantitative estimate of drug-likeness (QED) is 0.685. The molecule has 3 aromatic rings. The van der Waals surface area contributed by atoms with Crippen molar-refractivity contribution >= 4 is 21.6 Å². The first-order valence-electron chi connectivity index (χ1n) is 7.40. The number of ether oxygens (including phenoxy) is 1. The summed E-state index contributed by atoms with van der Waals surface area (Å²) in [6, 6.07) is 6.40. The SMILES string of the molecule is C[C@@H]1CCc2c(sc3ncnc(Oc4ccccc4F)c23)C1. The van der Waals surface area contributed by atoms with Crippen molar-refractivity contribution in [3.8, 4) is 11.6 Å². The molecule has 1 aromatic carbocycles. The van der Waals surface area contributed by atoms with E-state index in [-0.39, 0.29) is 11.6 Å². The van der Waals surface area contributed by atoms with Gasteiger partial charge in [-0.05, 0) is 42.9 Å². The third-order valence-corrected chi connectivity index (χ3v) is 5.26. The second-order valence-electron chi connectivity index (χ2n) is 5.74. The zero-order valence-corrected chi connectivity index (χ0v) is 13.0. The zero-order chi connectivity index (χ0) is 15.1. The molecule has 4 rings (SSSR count). The van der Waals surface area contributed by atoms with E-state index in [2.05, 4.69) is 16.9 Å². The van der Waals surface area contributed by atoms with Crippen molar-refractivity contribution < 1.29 is 9.13 Å². The Kier molecular flexibility index (Phi) is 3.30. The van der Waals surface area contributed by atoms with Gasteiger partial charge in [0.25, 0.3) is 0 Å². The summed E-state index contributed by atoms with van der Waals surface area (Å²) in [4.78, 5) is 10.9. The number of hydrogen-bond acceptors (Lipinski definition) is 4. The van der Waals surface area contributed by atoms with Crippen LogP contribution in [-0.2, 0) is 12.8 Å². The lowest BCUT2D eigenvalue weighted by atomic mass is 9.89. The highest BCUT2D eigenvalue weighted by Crippen LogP contribution is 2.41. The number of para-hydroxylation sites is 1. The lowest BCUT2D eigenvalue weighted by molar-refractivity contribution is 0.431. The molecule has 1 aliphatic rings. The van der Waals surface area contributed by atoms with Crippen molar-refractivity contribution in [2.24, 2.45) is 5.92 Å². The van der Waals surface area contributed by atoms with Gasteiger partial charge in [-0.3, -0.25) is 0 Å². The molecule has 2 heterocycles. The van der Waals surface area contributed by atoms with Crippen LogP contribution in [0.2, 0.25) is 0 Å². The van der Waals surface area contributed by atoms with Crippen LogP contribution in [0.25, 0.3) is 10.2 Å². The van der Waals surface area contributed by atoms with E-state index in [1.165, 1.54) is 22.8 Å². The molecule has 5 heteroatoms. The van der Waals surface area contributed by atoms with Gasteiger partial charge in [0.1, 0.15) is 11.2 Å². The largest absolute Gasteiger partial charge is 0.435 e. The molecule has 2 aromatic heterocycles. The van der Waals surface area contributed by atoms with Crippen molar-refractivity contribution in [2.45, 2.75) is 26.2 Å². The van der Waals surface area contributed by atoms with E-state index in [1.54, 1.807) is 29.5 Å². The number of aryl methyl sites for hydroxylation is 1. The summed E-state index contributed by atoms with van der Waals surface area (Å²) < 4.78 is 19.6. The molecule has 0 N–H and O–H groups in total. The molecular formula is C17H15FN2OS. The van der Waals surface area contributed by atoms with E-state index in [1.807, 2.05) is 0 Å². The topological polar surface area (TPSA) is 35.0 Å². The van der Waals surface area contributed by atoms with Gasteiger partial charge in [0.05, 0.1) is 5.39 Å². The molecule has 0 radical (unpaired) electrons. The molecule has 0 spiro atoms. The summed E-state index contributed by atoms with van der Waals surface area (Å²) in [5.74, 6) is 0.977. The molecule has 1 aliphatic carbocycles. The standard InChI is InChI=1S/C17H15FN2OS/c1-10-6-7-11-14(8-10)22-17-15(11)16(19-9-20-17)21-13-5-3-2-4-12(13)18/h2-5,9-10H,6-8H2,1H3/t10-/m1/s1. The average Bonchev–Trinajstić information content (AvgIpc) is 2.88. The van der Waals surface area contributed by atoms with Gasteiger partial charge in [-0.1, -0.05) is 19.1 Å². The second kappa shape index (κ2) is 5.32. The minimum absolute atomic E-state index is 0.201. The van der Waals surface area contributed by atoms with Crippen LogP contribution in [0, 0.1) is 11.7 Å². The lowest BCUT2D eigenvalue weighted by Gasteiger charge is -2.18. The van der Waals surface area contributed by atoms with Gasteiger partial charge >= 0.3 is 0 Å². The summed E-state index contributed by atoms with van der Waals surface area (Å²) >= 11 is 1.71. The van der Waals surface area contributed by atoms with Crippen molar-refractivity contribution in [1.29, 1.82) is 0 Å². The Hall–Kier alpha value is -2.01. The predicted molar refractivity (Wildman–Crippen MR) is 85.1 cm³/mol. The van der Waals surface area contributed by atoms with Crippen LogP contribution in [0.3, 0.4) is 0 Å². The minimum atomic E-state index is -0.382. The molecule has 1 atom stereocenters. The number of thiophene rings is 1. The fraction of sp³-hybridized carbons (Fsp3) is 0.294.